The molecule has 1 unspecified atom stereocenters. The third-order valence-electron chi connectivity index (χ3n) is 1.05. The summed E-state index contributed by atoms with van der Waals surface area (Å²) >= 11 is 0. The van der Waals surface area contributed by atoms with Crippen LogP contribution in [0.1, 0.15) is 20.3 Å². The summed E-state index contributed by atoms with van der Waals surface area (Å²) in [5, 5.41) is 0. The summed E-state index contributed by atoms with van der Waals surface area (Å²) in [6, 6.07) is 0.265. The van der Waals surface area contributed by atoms with Gasteiger partial charge in [0.2, 0.25) is 0 Å². The number of hydrogen-bond acceptors (Lipinski definition) is 1. The summed E-state index contributed by atoms with van der Waals surface area (Å²) in [6.07, 6.45) is 4.74. The molecule has 2 N–H and O–H groups in total. The summed E-state index contributed by atoms with van der Waals surface area (Å²) in [4.78, 5) is 0. The Bertz CT molecular complexity index is 112. The highest BCUT2D eigenvalue weighted by Crippen LogP contribution is 2.01. The highest BCUT2D eigenvalue weighted by atomic mass is 14.6. The molecule has 0 heterocycles. The molecule has 1 atom stereocenters. The molecule has 0 bridgehead atoms. The van der Waals surface area contributed by atoms with Crippen LogP contribution in [0.4, 0.5) is 0 Å². The number of nitrogens with two attached hydrogens (primary N) is 1. The van der Waals surface area contributed by atoms with Gasteiger partial charge in [0.05, 0.1) is 0 Å². The fraction of sp³-hybridized carbons (Fsp3) is 0.500. The predicted octanol–water partition coefficient (Wildman–Crippen LogP) is 1.86. The van der Waals surface area contributed by atoms with Crippen LogP contribution in [0.5, 0.6) is 0 Å². The molecular formula is C8H15N. The van der Waals surface area contributed by atoms with Gasteiger partial charge in [-0.1, -0.05) is 24.3 Å². The van der Waals surface area contributed by atoms with E-state index in [1.165, 1.54) is 5.57 Å². The number of rotatable bonds is 3. The van der Waals surface area contributed by atoms with Gasteiger partial charge in [-0.25, -0.2) is 0 Å². The van der Waals surface area contributed by atoms with E-state index in [2.05, 4.69) is 13.5 Å². The molecule has 0 radical (unpaired) electrons. The Morgan fingerprint density at radius 1 is 1.78 bits per heavy atom. The van der Waals surface area contributed by atoms with Gasteiger partial charge < -0.3 is 5.73 Å². The highest BCUT2D eigenvalue weighted by molar-refractivity contribution is 5.08. The van der Waals surface area contributed by atoms with Crippen LogP contribution in [0.25, 0.3) is 0 Å². The molecule has 52 valence electrons. The van der Waals surface area contributed by atoms with Crippen LogP contribution in [0.15, 0.2) is 24.3 Å². The first-order chi connectivity index (χ1) is 4.16. The maximum atomic E-state index is 5.55. The largest absolute Gasteiger partial charge is 0.328 e. The molecule has 1 heteroatoms. The van der Waals surface area contributed by atoms with E-state index in [-0.39, 0.29) is 6.04 Å². The highest BCUT2D eigenvalue weighted by Gasteiger charge is 1.92. The molecule has 0 spiro atoms. The van der Waals surface area contributed by atoms with Gasteiger partial charge in [-0.3, -0.25) is 0 Å². The molecule has 1 nitrogen and oxygen atoms in total. The maximum Gasteiger partial charge on any atom is 0.00476 e. The normalized spacial score (nSPS) is 15.2. The molecule has 0 aliphatic carbocycles. The van der Waals surface area contributed by atoms with E-state index in [9.17, 15) is 0 Å². The van der Waals surface area contributed by atoms with Crippen molar-refractivity contribution in [1.29, 1.82) is 0 Å². The molecule has 0 amide bonds. The first-order valence-corrected chi connectivity index (χ1v) is 3.20. The first-order valence-electron chi connectivity index (χ1n) is 3.20. The third kappa shape index (κ3) is 5.31. The van der Waals surface area contributed by atoms with Gasteiger partial charge in [0, 0.05) is 6.04 Å². The second-order valence-corrected chi connectivity index (χ2v) is 2.43. The van der Waals surface area contributed by atoms with Gasteiger partial charge in [0.15, 0.2) is 0 Å². The summed E-state index contributed by atoms with van der Waals surface area (Å²) in [5.41, 5.74) is 6.84. The van der Waals surface area contributed by atoms with E-state index in [0.717, 1.165) is 6.42 Å². The lowest BCUT2D eigenvalue weighted by molar-refractivity contribution is 0.731. The third-order valence-corrected chi connectivity index (χ3v) is 1.05. The predicted molar refractivity (Wildman–Crippen MR) is 42.2 cm³/mol. The first kappa shape index (κ1) is 8.44. The van der Waals surface area contributed by atoms with Crippen molar-refractivity contribution in [2.45, 2.75) is 26.3 Å². The fourth-order valence-electron chi connectivity index (χ4n) is 0.777. The molecule has 0 fully saturated rings. The van der Waals surface area contributed by atoms with Gasteiger partial charge in [0.1, 0.15) is 0 Å². The Morgan fingerprint density at radius 2 is 2.33 bits per heavy atom. The Kier molecular flexibility index (Phi) is 4.06. The van der Waals surface area contributed by atoms with Gasteiger partial charge in [-0.05, 0) is 20.3 Å². The molecular weight excluding hydrogens is 110 g/mol. The lowest BCUT2D eigenvalue weighted by Crippen LogP contribution is -2.14. The van der Waals surface area contributed by atoms with Crippen molar-refractivity contribution in [3.8, 4) is 0 Å². The molecule has 0 aromatic heterocycles. The van der Waals surface area contributed by atoms with Crippen LogP contribution in [-0.4, -0.2) is 6.04 Å². The van der Waals surface area contributed by atoms with Gasteiger partial charge >= 0.3 is 0 Å². The van der Waals surface area contributed by atoms with Crippen LogP contribution >= 0.6 is 0 Å². The Balaban J connectivity index is 3.61. The quantitative estimate of drug-likeness (QED) is 0.572. The molecule has 0 aliphatic rings. The molecule has 0 rings (SSSR count). The van der Waals surface area contributed by atoms with Gasteiger partial charge in [-0.2, -0.15) is 0 Å². The Morgan fingerprint density at radius 3 is 2.67 bits per heavy atom. The van der Waals surface area contributed by atoms with Crippen molar-refractivity contribution in [2.24, 2.45) is 5.73 Å². The van der Waals surface area contributed by atoms with Crippen LogP contribution in [0.3, 0.4) is 0 Å². The minimum Gasteiger partial charge on any atom is -0.328 e. The second kappa shape index (κ2) is 4.33. The topological polar surface area (TPSA) is 26.0 Å². The van der Waals surface area contributed by atoms with Crippen molar-refractivity contribution >= 4 is 0 Å². The Labute approximate surface area is 57.3 Å². The lowest BCUT2D eigenvalue weighted by Gasteiger charge is -2.02. The summed E-state index contributed by atoms with van der Waals surface area (Å²) in [5.74, 6) is 0. The zero-order valence-corrected chi connectivity index (χ0v) is 6.22. The van der Waals surface area contributed by atoms with Crippen molar-refractivity contribution in [2.75, 3.05) is 0 Å². The van der Waals surface area contributed by atoms with Crippen LogP contribution in [0.2, 0.25) is 0 Å². The van der Waals surface area contributed by atoms with Crippen molar-refractivity contribution in [3.05, 3.63) is 24.3 Å². The molecule has 0 aromatic rings. The smallest absolute Gasteiger partial charge is 0.00476 e. The van der Waals surface area contributed by atoms with E-state index in [0.29, 0.717) is 0 Å². The standard InChI is InChI=1S/C8H15N/c1-4-5-7(2)6-8(3)9/h4-5,8H,1,6,9H2,2-3H3. The molecule has 0 saturated carbocycles. The van der Waals surface area contributed by atoms with Crippen molar-refractivity contribution in [1.82, 2.24) is 0 Å². The minimum absolute atomic E-state index is 0.265. The van der Waals surface area contributed by atoms with Gasteiger partial charge in [0.25, 0.3) is 0 Å². The van der Waals surface area contributed by atoms with E-state index in [1.54, 1.807) is 6.08 Å². The zero-order valence-electron chi connectivity index (χ0n) is 6.22. The van der Waals surface area contributed by atoms with E-state index >= 15 is 0 Å². The van der Waals surface area contributed by atoms with Gasteiger partial charge in [-0.15, -0.1) is 0 Å². The van der Waals surface area contributed by atoms with Crippen LogP contribution in [0, 0.1) is 0 Å². The van der Waals surface area contributed by atoms with Crippen molar-refractivity contribution in [3.63, 3.8) is 0 Å². The monoisotopic (exact) mass is 125 g/mol. The fourth-order valence-corrected chi connectivity index (χ4v) is 0.777. The second-order valence-electron chi connectivity index (χ2n) is 2.43. The summed E-state index contributed by atoms with van der Waals surface area (Å²) < 4.78 is 0. The number of allylic oxidation sites excluding steroid dienone is 2. The van der Waals surface area contributed by atoms with Crippen LogP contribution in [-0.2, 0) is 0 Å². The molecule has 0 saturated heterocycles. The molecule has 0 aromatic carbocycles. The van der Waals surface area contributed by atoms with Crippen molar-refractivity contribution < 1.29 is 0 Å². The van der Waals surface area contributed by atoms with Crippen LogP contribution < -0.4 is 5.73 Å². The van der Waals surface area contributed by atoms with E-state index in [4.69, 9.17) is 5.73 Å². The zero-order chi connectivity index (χ0) is 7.28. The Hall–Kier alpha value is -0.560. The lowest BCUT2D eigenvalue weighted by atomic mass is 10.1. The minimum atomic E-state index is 0.265. The van der Waals surface area contributed by atoms with E-state index < -0.39 is 0 Å². The summed E-state index contributed by atoms with van der Waals surface area (Å²) in [7, 11) is 0. The average Bonchev–Trinajstić information content (AvgIpc) is 1.63. The summed E-state index contributed by atoms with van der Waals surface area (Å²) in [6.45, 7) is 7.65. The van der Waals surface area contributed by atoms with E-state index in [1.807, 2.05) is 13.0 Å². The molecule has 0 aliphatic heterocycles. The number of hydrogen-bond donors (Lipinski definition) is 1. The average molecular weight is 125 g/mol. The SMILES string of the molecule is C=CC=C(C)CC(C)N. The maximum absolute atomic E-state index is 5.55. The molecule has 9 heavy (non-hydrogen) atoms.